The maximum atomic E-state index is 14.2. The quantitative estimate of drug-likeness (QED) is 0.395. The zero-order valence-electron chi connectivity index (χ0n) is 18.8. The lowest BCUT2D eigenvalue weighted by atomic mass is 9.90. The van der Waals surface area contributed by atoms with E-state index in [1.54, 1.807) is 0 Å². The lowest BCUT2D eigenvalue weighted by Gasteiger charge is -2.26. The summed E-state index contributed by atoms with van der Waals surface area (Å²) in [4.78, 5) is 11.6. The summed E-state index contributed by atoms with van der Waals surface area (Å²) in [6.45, 7) is 2.55. The number of benzene rings is 2. The van der Waals surface area contributed by atoms with E-state index in [4.69, 9.17) is 9.47 Å². The van der Waals surface area contributed by atoms with Crippen molar-refractivity contribution in [1.82, 2.24) is 4.90 Å². The van der Waals surface area contributed by atoms with Gasteiger partial charge in [-0.15, -0.1) is 0 Å². The Morgan fingerprint density at radius 2 is 1.49 bits per heavy atom. The second-order valence-corrected chi connectivity index (χ2v) is 8.43. The average Bonchev–Trinajstić information content (AvgIpc) is 2.75. The van der Waals surface area contributed by atoms with Crippen molar-refractivity contribution in [2.24, 2.45) is 0 Å². The van der Waals surface area contributed by atoms with Gasteiger partial charge < -0.3 is 14.4 Å². The molecule has 7 nitrogen and oxygen atoms in total. The fraction of sp³-hybridized carbons (Fsp3) is 0.381. The highest BCUT2D eigenvalue weighted by atomic mass is 32.2. The Hall–Kier alpha value is -3.00. The van der Waals surface area contributed by atoms with Gasteiger partial charge in [0, 0.05) is 13.1 Å². The van der Waals surface area contributed by atoms with Crippen LogP contribution in [0.2, 0.25) is 0 Å². The number of carbonyl (C=O) groups is 1. The monoisotopic (exact) mass is 529 g/mol. The predicted molar refractivity (Wildman–Crippen MR) is 112 cm³/mol. The number of amides is 1. The molecule has 35 heavy (non-hydrogen) atoms. The van der Waals surface area contributed by atoms with E-state index in [2.05, 4.69) is 0 Å². The molecule has 0 atom stereocenters. The fourth-order valence-corrected chi connectivity index (χ4v) is 4.46. The molecule has 0 aliphatic rings. The van der Waals surface area contributed by atoms with E-state index in [1.807, 2.05) is 0 Å². The first-order chi connectivity index (χ1) is 16.0. The molecule has 0 radical (unpaired) electrons. The van der Waals surface area contributed by atoms with E-state index < -0.39 is 55.5 Å². The number of halogens is 6. The summed E-state index contributed by atoms with van der Waals surface area (Å²) in [5.41, 5.74) is -7.26. The summed E-state index contributed by atoms with van der Waals surface area (Å²) >= 11 is 0. The van der Waals surface area contributed by atoms with Crippen LogP contribution in [0.25, 0.3) is 11.1 Å². The first kappa shape index (κ1) is 28.2. The van der Waals surface area contributed by atoms with Crippen molar-refractivity contribution in [2.45, 2.75) is 31.1 Å². The normalized spacial score (nSPS) is 12.4. The summed E-state index contributed by atoms with van der Waals surface area (Å²) < 4.78 is 128. The van der Waals surface area contributed by atoms with Crippen molar-refractivity contribution in [3.8, 4) is 22.6 Å². The van der Waals surface area contributed by atoms with Gasteiger partial charge in [0.1, 0.15) is 4.90 Å². The number of methoxy groups -OCH3 is 2. The summed E-state index contributed by atoms with van der Waals surface area (Å²) in [6, 6.07) is 3.41. The number of hydrogen-bond donors (Lipinski definition) is 1. The molecule has 1 N–H and O–H groups in total. The minimum Gasteiger partial charge on any atom is -0.493 e. The second kappa shape index (κ2) is 9.93. The van der Waals surface area contributed by atoms with Gasteiger partial charge in [-0.3, -0.25) is 9.35 Å². The molecule has 2 aromatic rings. The van der Waals surface area contributed by atoms with Crippen LogP contribution in [0.5, 0.6) is 11.5 Å². The molecule has 0 saturated carbocycles. The fourth-order valence-electron chi connectivity index (χ4n) is 3.54. The third kappa shape index (κ3) is 5.64. The van der Waals surface area contributed by atoms with Crippen LogP contribution in [0.3, 0.4) is 0 Å². The molecule has 0 spiro atoms. The van der Waals surface area contributed by atoms with E-state index in [0.29, 0.717) is 0 Å². The Kier molecular flexibility index (Phi) is 8.01. The van der Waals surface area contributed by atoms with Crippen LogP contribution in [-0.4, -0.2) is 51.1 Å². The number of rotatable bonds is 7. The standard InChI is InChI=1S/C21H21F6NO6S/c1-5-28(6-2)19(29)16-12(11-7-8-14(33-3)15(9-11)34-4)10-13(20(22,23)24)18(35(30,31)32)17(16)21(25,26)27/h7-10H,5-6H2,1-4H3,(H,30,31,32). The van der Waals surface area contributed by atoms with E-state index in [9.17, 15) is 44.1 Å². The van der Waals surface area contributed by atoms with Crippen molar-refractivity contribution in [2.75, 3.05) is 27.3 Å². The Balaban J connectivity index is 3.27. The minimum atomic E-state index is -6.10. The molecule has 0 aliphatic heterocycles. The number of carbonyl (C=O) groups excluding carboxylic acids is 1. The summed E-state index contributed by atoms with van der Waals surface area (Å²) in [6.07, 6.45) is -11.4. The first-order valence-electron chi connectivity index (χ1n) is 9.87. The average molecular weight is 529 g/mol. The van der Waals surface area contributed by atoms with Crippen molar-refractivity contribution >= 4 is 16.0 Å². The lowest BCUT2D eigenvalue weighted by Crippen LogP contribution is -2.34. The first-order valence-corrected chi connectivity index (χ1v) is 11.3. The van der Waals surface area contributed by atoms with Gasteiger partial charge in [-0.1, -0.05) is 6.07 Å². The zero-order chi connectivity index (χ0) is 26.9. The van der Waals surface area contributed by atoms with Gasteiger partial charge in [-0.25, -0.2) is 0 Å². The molecule has 14 heteroatoms. The maximum Gasteiger partial charge on any atom is 0.418 e. The molecule has 0 aromatic heterocycles. The van der Waals surface area contributed by atoms with E-state index >= 15 is 0 Å². The molecule has 0 fully saturated rings. The molecule has 1 amide bonds. The van der Waals surface area contributed by atoms with Crippen LogP contribution in [0.15, 0.2) is 29.2 Å². The SMILES string of the molecule is CCN(CC)C(=O)c1c(-c2ccc(OC)c(OC)c2)cc(C(F)(F)F)c(S(=O)(=O)O)c1C(F)(F)F. The van der Waals surface area contributed by atoms with Gasteiger partial charge in [0.2, 0.25) is 0 Å². The van der Waals surface area contributed by atoms with E-state index in [0.717, 1.165) is 17.0 Å². The van der Waals surface area contributed by atoms with Crippen LogP contribution >= 0.6 is 0 Å². The van der Waals surface area contributed by atoms with Crippen LogP contribution in [0, 0.1) is 0 Å². The largest absolute Gasteiger partial charge is 0.493 e. The Morgan fingerprint density at radius 1 is 0.943 bits per heavy atom. The molecule has 0 saturated heterocycles. The highest BCUT2D eigenvalue weighted by Gasteiger charge is 2.49. The molecular formula is C21H21F6NO6S. The highest BCUT2D eigenvalue weighted by Crippen LogP contribution is 2.48. The predicted octanol–water partition coefficient (Wildman–Crippen LogP) is 5.14. The Morgan fingerprint density at radius 3 is 1.89 bits per heavy atom. The molecule has 0 heterocycles. The van der Waals surface area contributed by atoms with Gasteiger partial charge in [-0.05, 0) is 43.2 Å². The third-order valence-corrected chi connectivity index (χ3v) is 6.03. The molecule has 0 aliphatic carbocycles. The van der Waals surface area contributed by atoms with Gasteiger partial charge in [0.05, 0.1) is 30.9 Å². The van der Waals surface area contributed by atoms with E-state index in [-0.39, 0.29) is 36.2 Å². The summed E-state index contributed by atoms with van der Waals surface area (Å²) in [5, 5.41) is 0. The van der Waals surface area contributed by atoms with Crippen molar-refractivity contribution < 1.29 is 53.6 Å². The maximum absolute atomic E-state index is 14.2. The second-order valence-electron chi connectivity index (χ2n) is 7.07. The molecule has 0 unspecified atom stereocenters. The van der Waals surface area contributed by atoms with Gasteiger partial charge in [-0.2, -0.15) is 34.8 Å². The number of hydrogen-bond acceptors (Lipinski definition) is 5. The van der Waals surface area contributed by atoms with Crippen LogP contribution in [-0.2, 0) is 22.5 Å². The third-order valence-electron chi connectivity index (χ3n) is 5.09. The molecular weight excluding hydrogens is 508 g/mol. The molecule has 2 aromatic carbocycles. The van der Waals surface area contributed by atoms with Gasteiger partial charge in [0.25, 0.3) is 16.0 Å². The molecule has 0 bridgehead atoms. The smallest absolute Gasteiger partial charge is 0.418 e. The van der Waals surface area contributed by atoms with Gasteiger partial charge in [0.15, 0.2) is 11.5 Å². The van der Waals surface area contributed by atoms with E-state index in [1.165, 1.54) is 34.1 Å². The number of alkyl halides is 6. The van der Waals surface area contributed by atoms with Gasteiger partial charge >= 0.3 is 12.4 Å². The summed E-state index contributed by atoms with van der Waals surface area (Å²) in [5.74, 6) is -1.37. The van der Waals surface area contributed by atoms with Crippen LogP contribution in [0.4, 0.5) is 26.3 Å². The topological polar surface area (TPSA) is 93.1 Å². The Labute approximate surface area is 197 Å². The van der Waals surface area contributed by atoms with Crippen LogP contribution < -0.4 is 9.47 Å². The molecule has 194 valence electrons. The van der Waals surface area contributed by atoms with Crippen molar-refractivity contribution in [1.29, 1.82) is 0 Å². The van der Waals surface area contributed by atoms with Crippen molar-refractivity contribution in [3.63, 3.8) is 0 Å². The Bertz CT molecular complexity index is 1220. The lowest BCUT2D eigenvalue weighted by molar-refractivity contribution is -0.147. The summed E-state index contributed by atoms with van der Waals surface area (Å²) in [7, 11) is -3.68. The van der Waals surface area contributed by atoms with Crippen molar-refractivity contribution in [3.05, 3.63) is 41.0 Å². The highest BCUT2D eigenvalue weighted by molar-refractivity contribution is 7.86. The number of ether oxygens (including phenoxy) is 2. The number of nitrogens with zero attached hydrogens (tertiary/aromatic N) is 1. The van der Waals surface area contributed by atoms with Crippen LogP contribution in [0.1, 0.15) is 35.3 Å². The zero-order valence-corrected chi connectivity index (χ0v) is 19.7. The minimum absolute atomic E-state index is 0.0767. The molecule has 2 rings (SSSR count).